The molecule has 1 aliphatic rings. The van der Waals surface area contributed by atoms with E-state index < -0.39 is 0 Å². The van der Waals surface area contributed by atoms with Gasteiger partial charge in [-0.3, -0.25) is 4.79 Å². The molecule has 0 saturated heterocycles. The Morgan fingerprint density at radius 3 is 2.52 bits per heavy atom. The zero-order valence-corrected chi connectivity index (χ0v) is 14.6. The number of rotatable bonds is 5. The normalized spacial score (nSPS) is 18.9. The average molecular weight is 337 g/mol. The highest BCUT2D eigenvalue weighted by Gasteiger charge is 2.22. The lowest BCUT2D eigenvalue weighted by atomic mass is 9.86. The van der Waals surface area contributed by atoms with Gasteiger partial charge in [0.25, 0.3) is 0 Å². The van der Waals surface area contributed by atoms with Gasteiger partial charge in [0, 0.05) is 23.4 Å². The van der Waals surface area contributed by atoms with Gasteiger partial charge >= 0.3 is 0 Å². The van der Waals surface area contributed by atoms with E-state index in [0.717, 1.165) is 36.3 Å². The number of hydrogen-bond donors (Lipinski definition) is 1. The van der Waals surface area contributed by atoms with Crippen LogP contribution in [0.4, 0.5) is 5.69 Å². The standard InChI is InChI=1S/C21H23NO3/c1-15-6-5-7-16(21(15)23)14-22-17-10-12-18(13-11-17)25-20-9-4-3-8-19(20)24-2/h3-4,8-15,22H,5-7H2,1-2H3/b16-14-/t15-/m0/s1. The number of methoxy groups -OCH3 is 1. The van der Waals surface area contributed by atoms with Crippen molar-refractivity contribution in [1.29, 1.82) is 0 Å². The van der Waals surface area contributed by atoms with Crippen LogP contribution in [0.2, 0.25) is 0 Å². The Bertz CT molecular complexity index is 765. The molecule has 1 saturated carbocycles. The highest BCUT2D eigenvalue weighted by Crippen LogP contribution is 2.31. The SMILES string of the molecule is COc1ccccc1Oc1ccc(N/C=C2/CCC[C@H](C)C2=O)cc1. The number of nitrogens with one attached hydrogen (secondary N) is 1. The summed E-state index contributed by atoms with van der Waals surface area (Å²) >= 11 is 0. The molecule has 3 rings (SSSR count). The van der Waals surface area contributed by atoms with E-state index in [0.29, 0.717) is 11.5 Å². The number of ether oxygens (including phenoxy) is 2. The number of benzene rings is 2. The quantitative estimate of drug-likeness (QED) is 0.764. The minimum Gasteiger partial charge on any atom is -0.493 e. The van der Waals surface area contributed by atoms with Gasteiger partial charge < -0.3 is 14.8 Å². The number of ketones is 1. The summed E-state index contributed by atoms with van der Waals surface area (Å²) in [6.45, 7) is 2.00. The predicted octanol–water partition coefficient (Wildman–Crippen LogP) is 5.17. The largest absolute Gasteiger partial charge is 0.493 e. The highest BCUT2D eigenvalue weighted by molar-refractivity contribution is 5.97. The summed E-state index contributed by atoms with van der Waals surface area (Å²) < 4.78 is 11.1. The van der Waals surface area contributed by atoms with Crippen LogP contribution in [0.5, 0.6) is 17.2 Å². The van der Waals surface area contributed by atoms with Gasteiger partial charge in [-0.1, -0.05) is 19.1 Å². The van der Waals surface area contributed by atoms with Crippen LogP contribution in [-0.4, -0.2) is 12.9 Å². The molecular weight excluding hydrogens is 314 g/mol. The molecule has 1 N–H and O–H groups in total. The van der Waals surface area contributed by atoms with E-state index in [1.807, 2.05) is 61.7 Å². The molecule has 4 heteroatoms. The van der Waals surface area contributed by atoms with E-state index in [9.17, 15) is 4.79 Å². The second kappa shape index (κ2) is 7.88. The Balaban J connectivity index is 1.65. The molecule has 130 valence electrons. The summed E-state index contributed by atoms with van der Waals surface area (Å²) in [6, 6.07) is 15.2. The minimum atomic E-state index is 0.137. The van der Waals surface area contributed by atoms with Crippen molar-refractivity contribution >= 4 is 11.5 Å². The third-order valence-electron chi connectivity index (χ3n) is 4.41. The Kier molecular flexibility index (Phi) is 5.39. The van der Waals surface area contributed by atoms with Crippen molar-refractivity contribution in [3.05, 3.63) is 60.3 Å². The molecule has 0 aromatic heterocycles. The van der Waals surface area contributed by atoms with Crippen LogP contribution in [0.25, 0.3) is 0 Å². The molecule has 0 heterocycles. The van der Waals surface area contributed by atoms with Crippen molar-refractivity contribution in [1.82, 2.24) is 0 Å². The Morgan fingerprint density at radius 1 is 1.08 bits per heavy atom. The summed E-state index contributed by atoms with van der Waals surface area (Å²) in [5.41, 5.74) is 1.80. The predicted molar refractivity (Wildman–Crippen MR) is 99.2 cm³/mol. The maximum Gasteiger partial charge on any atom is 0.169 e. The molecule has 1 atom stereocenters. The van der Waals surface area contributed by atoms with E-state index in [4.69, 9.17) is 9.47 Å². The van der Waals surface area contributed by atoms with Gasteiger partial charge in [-0.15, -0.1) is 0 Å². The summed E-state index contributed by atoms with van der Waals surface area (Å²) in [7, 11) is 1.62. The van der Waals surface area contributed by atoms with Crippen molar-refractivity contribution in [2.75, 3.05) is 12.4 Å². The molecule has 2 aromatic carbocycles. The summed E-state index contributed by atoms with van der Waals surface area (Å²) in [6.07, 6.45) is 4.76. The molecule has 25 heavy (non-hydrogen) atoms. The van der Waals surface area contributed by atoms with E-state index in [2.05, 4.69) is 5.32 Å². The van der Waals surface area contributed by atoms with Gasteiger partial charge in [-0.2, -0.15) is 0 Å². The first-order valence-corrected chi connectivity index (χ1v) is 8.58. The van der Waals surface area contributed by atoms with Gasteiger partial charge in [0.1, 0.15) is 5.75 Å². The van der Waals surface area contributed by atoms with Crippen molar-refractivity contribution in [3.8, 4) is 17.2 Å². The van der Waals surface area contributed by atoms with Crippen molar-refractivity contribution in [3.63, 3.8) is 0 Å². The lowest BCUT2D eigenvalue weighted by Gasteiger charge is -2.19. The number of anilines is 1. The van der Waals surface area contributed by atoms with Crippen LogP contribution in [0.3, 0.4) is 0 Å². The molecule has 0 aliphatic heterocycles. The van der Waals surface area contributed by atoms with Crippen LogP contribution in [0.15, 0.2) is 60.3 Å². The maximum absolute atomic E-state index is 12.1. The molecular formula is C21H23NO3. The zero-order valence-electron chi connectivity index (χ0n) is 14.6. The second-order valence-corrected chi connectivity index (χ2v) is 6.25. The van der Waals surface area contributed by atoms with Crippen molar-refractivity contribution in [2.45, 2.75) is 26.2 Å². The fraction of sp³-hybridized carbons (Fsp3) is 0.286. The smallest absolute Gasteiger partial charge is 0.169 e. The second-order valence-electron chi connectivity index (χ2n) is 6.25. The number of Topliss-reactive ketones (excluding diaryl/α,β-unsaturated/α-hetero) is 1. The van der Waals surface area contributed by atoms with Gasteiger partial charge in [-0.05, 0) is 55.7 Å². The third kappa shape index (κ3) is 4.21. The van der Waals surface area contributed by atoms with Crippen LogP contribution in [-0.2, 0) is 4.79 Å². The van der Waals surface area contributed by atoms with Crippen LogP contribution >= 0.6 is 0 Å². The first-order valence-electron chi connectivity index (χ1n) is 8.58. The van der Waals surface area contributed by atoms with Crippen molar-refractivity contribution < 1.29 is 14.3 Å². The molecule has 1 fully saturated rings. The van der Waals surface area contributed by atoms with E-state index in [1.54, 1.807) is 7.11 Å². The molecule has 0 amide bonds. The molecule has 2 aromatic rings. The number of hydrogen-bond acceptors (Lipinski definition) is 4. The lowest BCUT2D eigenvalue weighted by Crippen LogP contribution is -2.19. The third-order valence-corrected chi connectivity index (χ3v) is 4.41. The molecule has 0 bridgehead atoms. The van der Waals surface area contributed by atoms with E-state index >= 15 is 0 Å². The molecule has 0 unspecified atom stereocenters. The van der Waals surface area contributed by atoms with Gasteiger partial charge in [0.2, 0.25) is 0 Å². The average Bonchev–Trinajstić information content (AvgIpc) is 2.64. The van der Waals surface area contributed by atoms with Gasteiger partial charge in [-0.25, -0.2) is 0 Å². The van der Waals surface area contributed by atoms with Crippen LogP contribution < -0.4 is 14.8 Å². The number of carbonyl (C=O) groups is 1. The molecule has 1 aliphatic carbocycles. The first kappa shape index (κ1) is 17.1. The number of carbonyl (C=O) groups excluding carboxylic acids is 1. The number of para-hydroxylation sites is 2. The lowest BCUT2D eigenvalue weighted by molar-refractivity contribution is -0.119. The summed E-state index contributed by atoms with van der Waals surface area (Å²) in [5, 5.41) is 3.22. The monoisotopic (exact) mass is 337 g/mol. The Labute approximate surface area is 148 Å². The van der Waals surface area contributed by atoms with E-state index in [-0.39, 0.29) is 11.7 Å². The zero-order chi connectivity index (χ0) is 17.6. The first-order chi connectivity index (χ1) is 12.2. The molecule has 0 spiro atoms. The Hall–Kier alpha value is -2.75. The fourth-order valence-electron chi connectivity index (χ4n) is 2.93. The summed E-state index contributed by atoms with van der Waals surface area (Å²) in [4.78, 5) is 12.1. The Morgan fingerprint density at radius 2 is 1.80 bits per heavy atom. The van der Waals surface area contributed by atoms with Gasteiger partial charge in [0.05, 0.1) is 7.11 Å². The van der Waals surface area contributed by atoms with E-state index in [1.165, 1.54) is 0 Å². The highest BCUT2D eigenvalue weighted by atomic mass is 16.5. The van der Waals surface area contributed by atoms with Crippen molar-refractivity contribution in [2.24, 2.45) is 5.92 Å². The fourth-order valence-corrected chi connectivity index (χ4v) is 2.93. The molecule has 0 radical (unpaired) electrons. The van der Waals surface area contributed by atoms with Gasteiger partial charge in [0.15, 0.2) is 17.3 Å². The maximum atomic E-state index is 12.1. The minimum absolute atomic E-state index is 0.137. The molecule has 4 nitrogen and oxygen atoms in total. The topological polar surface area (TPSA) is 47.6 Å². The summed E-state index contributed by atoms with van der Waals surface area (Å²) in [5.74, 6) is 2.49. The number of allylic oxidation sites excluding steroid dienone is 1. The van der Waals surface area contributed by atoms with Crippen LogP contribution in [0, 0.1) is 5.92 Å². The van der Waals surface area contributed by atoms with Crippen LogP contribution in [0.1, 0.15) is 26.2 Å².